The number of hydrogen-bond acceptors (Lipinski definition) is 5. The van der Waals surface area contributed by atoms with Gasteiger partial charge in [0.2, 0.25) is 0 Å². The molecule has 0 unspecified atom stereocenters. The molecule has 2 rings (SSSR count). The Morgan fingerprint density at radius 3 is 2.67 bits per heavy atom. The minimum atomic E-state index is -3.49. The first kappa shape index (κ1) is 19.7. The molecule has 0 spiro atoms. The van der Waals surface area contributed by atoms with Gasteiger partial charge in [0.1, 0.15) is 9.81 Å². The number of amides is 1. The first-order chi connectivity index (χ1) is 11.0. The van der Waals surface area contributed by atoms with E-state index < -0.39 is 15.6 Å². The number of halogens is 1. The fraction of sp³-hybridized carbons (Fsp3) is 0.667. The number of carbonyl (C=O) groups excluding carboxylic acids is 1. The monoisotopic (exact) mass is 438 g/mol. The molecule has 1 aliphatic rings. The van der Waals surface area contributed by atoms with E-state index in [1.807, 2.05) is 20.8 Å². The predicted molar refractivity (Wildman–Crippen MR) is 97.7 cm³/mol. The molecule has 1 aromatic heterocycles. The van der Waals surface area contributed by atoms with Gasteiger partial charge in [0, 0.05) is 26.7 Å². The molecule has 9 heteroatoms. The normalized spacial score (nSPS) is 19.1. The Balaban J connectivity index is 1.94. The quantitative estimate of drug-likeness (QED) is 0.722. The second kappa shape index (κ2) is 7.31. The second-order valence-electron chi connectivity index (χ2n) is 6.93. The summed E-state index contributed by atoms with van der Waals surface area (Å²) in [5, 5.41) is 0. The van der Waals surface area contributed by atoms with Crippen molar-refractivity contribution in [2.45, 2.75) is 37.0 Å². The van der Waals surface area contributed by atoms with Gasteiger partial charge in [0.15, 0.2) is 0 Å². The van der Waals surface area contributed by atoms with Gasteiger partial charge in [-0.2, -0.15) is 4.31 Å². The third-order valence-electron chi connectivity index (χ3n) is 3.67. The van der Waals surface area contributed by atoms with Gasteiger partial charge in [-0.3, -0.25) is 0 Å². The van der Waals surface area contributed by atoms with Crippen molar-refractivity contribution in [2.75, 3.05) is 26.7 Å². The highest BCUT2D eigenvalue weighted by Crippen LogP contribution is 2.29. The number of rotatable bonds is 4. The van der Waals surface area contributed by atoms with E-state index in [1.54, 1.807) is 24.1 Å². The van der Waals surface area contributed by atoms with Crippen LogP contribution in [-0.2, 0) is 14.8 Å². The van der Waals surface area contributed by atoms with E-state index in [1.165, 1.54) is 15.6 Å². The molecule has 1 fully saturated rings. The Hall–Kier alpha value is -0.640. The topological polar surface area (TPSA) is 66.9 Å². The van der Waals surface area contributed by atoms with Crippen LogP contribution in [0, 0.1) is 5.92 Å². The van der Waals surface area contributed by atoms with E-state index in [-0.39, 0.29) is 12.0 Å². The van der Waals surface area contributed by atoms with E-state index in [2.05, 4.69) is 15.9 Å². The van der Waals surface area contributed by atoms with Crippen LogP contribution < -0.4 is 0 Å². The van der Waals surface area contributed by atoms with Gasteiger partial charge in [-0.25, -0.2) is 13.2 Å². The molecule has 0 aliphatic carbocycles. The van der Waals surface area contributed by atoms with Gasteiger partial charge in [-0.15, -0.1) is 11.3 Å². The number of thiophene rings is 1. The molecule has 136 valence electrons. The minimum Gasteiger partial charge on any atom is -0.444 e. The summed E-state index contributed by atoms with van der Waals surface area (Å²) in [5.74, 6) is 0.112. The van der Waals surface area contributed by atoms with Crippen LogP contribution in [0.5, 0.6) is 0 Å². The maximum absolute atomic E-state index is 12.5. The van der Waals surface area contributed by atoms with Gasteiger partial charge in [-0.1, -0.05) is 0 Å². The van der Waals surface area contributed by atoms with Crippen molar-refractivity contribution >= 4 is 43.4 Å². The first-order valence-corrected chi connectivity index (χ1v) is 10.7. The smallest absolute Gasteiger partial charge is 0.410 e. The SMILES string of the molecule is CN(C[C@H]1CCN(C(=O)OC(C)(C)C)C1)S(=O)(=O)c1ccc(Br)s1. The summed E-state index contributed by atoms with van der Waals surface area (Å²) in [6.45, 7) is 6.99. The van der Waals surface area contributed by atoms with Crippen LogP contribution in [0.25, 0.3) is 0 Å². The summed E-state index contributed by atoms with van der Waals surface area (Å²) in [7, 11) is -1.90. The molecule has 0 radical (unpaired) electrons. The zero-order chi connectivity index (χ0) is 18.1. The maximum Gasteiger partial charge on any atom is 0.410 e. The number of carbonyl (C=O) groups is 1. The standard InChI is InChI=1S/C15H23BrN2O4S2/c1-15(2,3)22-14(19)18-8-7-11(10-18)9-17(4)24(20,21)13-6-5-12(16)23-13/h5-6,11H,7-10H2,1-4H3/t11-/m1/s1. The summed E-state index contributed by atoms with van der Waals surface area (Å²) >= 11 is 4.48. The van der Waals surface area contributed by atoms with Gasteiger partial charge in [0.25, 0.3) is 10.0 Å². The Morgan fingerprint density at radius 1 is 1.46 bits per heavy atom. The number of sulfonamides is 1. The van der Waals surface area contributed by atoms with Gasteiger partial charge in [-0.05, 0) is 61.2 Å². The largest absolute Gasteiger partial charge is 0.444 e. The van der Waals surface area contributed by atoms with Crippen molar-refractivity contribution in [3.63, 3.8) is 0 Å². The van der Waals surface area contributed by atoms with Gasteiger partial charge in [0.05, 0.1) is 3.79 Å². The third kappa shape index (κ3) is 4.93. The first-order valence-electron chi connectivity index (χ1n) is 7.68. The van der Waals surface area contributed by atoms with E-state index in [0.717, 1.165) is 10.2 Å². The lowest BCUT2D eigenvalue weighted by Gasteiger charge is -2.25. The van der Waals surface area contributed by atoms with Crippen LogP contribution in [0.3, 0.4) is 0 Å². The van der Waals surface area contributed by atoms with E-state index in [4.69, 9.17) is 4.74 Å². The van der Waals surface area contributed by atoms with Crippen molar-refractivity contribution in [3.8, 4) is 0 Å². The minimum absolute atomic E-state index is 0.112. The van der Waals surface area contributed by atoms with Crippen LogP contribution in [0.15, 0.2) is 20.1 Å². The zero-order valence-corrected chi connectivity index (χ0v) is 17.5. The molecule has 1 aliphatic heterocycles. The molecular weight excluding hydrogens is 416 g/mol. The zero-order valence-electron chi connectivity index (χ0n) is 14.3. The number of hydrogen-bond donors (Lipinski definition) is 0. The molecule has 0 N–H and O–H groups in total. The molecule has 0 bridgehead atoms. The van der Waals surface area contributed by atoms with E-state index >= 15 is 0 Å². The Bertz CT molecular complexity index is 697. The molecule has 0 aromatic carbocycles. The third-order valence-corrected chi connectivity index (χ3v) is 7.58. The number of ether oxygens (including phenoxy) is 1. The molecule has 0 saturated carbocycles. The molecule has 1 atom stereocenters. The molecular formula is C15H23BrN2O4S2. The van der Waals surface area contributed by atoms with Crippen LogP contribution in [-0.4, -0.2) is 56.0 Å². The number of likely N-dealkylation sites (tertiary alicyclic amines) is 1. The highest BCUT2D eigenvalue weighted by Gasteiger charge is 2.32. The molecule has 1 aromatic rings. The lowest BCUT2D eigenvalue weighted by Crippen LogP contribution is -2.37. The molecule has 1 saturated heterocycles. The van der Waals surface area contributed by atoms with E-state index in [9.17, 15) is 13.2 Å². The summed E-state index contributed by atoms with van der Waals surface area (Å²) < 4.78 is 32.9. The summed E-state index contributed by atoms with van der Waals surface area (Å²) in [5.41, 5.74) is -0.526. The molecule has 1 amide bonds. The fourth-order valence-electron chi connectivity index (χ4n) is 2.53. The molecule has 6 nitrogen and oxygen atoms in total. The van der Waals surface area contributed by atoms with Crippen molar-refractivity contribution in [3.05, 3.63) is 15.9 Å². The number of nitrogens with zero attached hydrogens (tertiary/aromatic N) is 2. The lowest BCUT2D eigenvalue weighted by atomic mass is 10.1. The lowest BCUT2D eigenvalue weighted by molar-refractivity contribution is 0.0287. The Labute approximate surface area is 156 Å². The molecule has 24 heavy (non-hydrogen) atoms. The van der Waals surface area contributed by atoms with Crippen molar-refractivity contribution in [1.29, 1.82) is 0 Å². The summed E-state index contributed by atoms with van der Waals surface area (Å²) in [6, 6.07) is 3.33. The van der Waals surface area contributed by atoms with Crippen molar-refractivity contribution in [1.82, 2.24) is 9.21 Å². The summed E-state index contributed by atoms with van der Waals surface area (Å²) in [4.78, 5) is 13.7. The Kier molecular flexibility index (Phi) is 5.99. The van der Waals surface area contributed by atoms with Crippen molar-refractivity contribution in [2.24, 2.45) is 5.92 Å². The van der Waals surface area contributed by atoms with E-state index in [0.29, 0.717) is 23.8 Å². The summed E-state index contributed by atoms with van der Waals surface area (Å²) in [6.07, 6.45) is 0.436. The fourth-order valence-corrected chi connectivity index (χ4v) is 5.99. The predicted octanol–water partition coefficient (Wildman–Crippen LogP) is 3.39. The van der Waals surface area contributed by atoms with Crippen LogP contribution in [0.2, 0.25) is 0 Å². The Morgan fingerprint density at radius 2 is 2.12 bits per heavy atom. The van der Waals surface area contributed by atoms with Crippen LogP contribution >= 0.6 is 27.3 Å². The van der Waals surface area contributed by atoms with Gasteiger partial charge < -0.3 is 9.64 Å². The highest BCUT2D eigenvalue weighted by atomic mass is 79.9. The highest BCUT2D eigenvalue weighted by molar-refractivity contribution is 9.11. The molecule has 2 heterocycles. The average Bonchev–Trinajstić information content (AvgIpc) is 3.06. The maximum atomic E-state index is 12.5. The second-order valence-corrected chi connectivity index (χ2v) is 11.7. The van der Waals surface area contributed by atoms with Crippen molar-refractivity contribution < 1.29 is 17.9 Å². The van der Waals surface area contributed by atoms with Crippen LogP contribution in [0.4, 0.5) is 4.79 Å². The average molecular weight is 439 g/mol. The van der Waals surface area contributed by atoms with Gasteiger partial charge >= 0.3 is 6.09 Å². The van der Waals surface area contributed by atoms with Crippen LogP contribution in [0.1, 0.15) is 27.2 Å².